The summed E-state index contributed by atoms with van der Waals surface area (Å²) in [6.45, 7) is 2.89. The summed E-state index contributed by atoms with van der Waals surface area (Å²) in [5.41, 5.74) is 0.513. The van der Waals surface area contributed by atoms with Crippen LogP contribution in [-0.2, 0) is 10.0 Å². The highest BCUT2D eigenvalue weighted by Gasteiger charge is 2.43. The quantitative estimate of drug-likeness (QED) is 0.466. The summed E-state index contributed by atoms with van der Waals surface area (Å²) in [5, 5.41) is 3.25. The lowest BCUT2D eigenvalue weighted by Crippen LogP contribution is -2.44. The molecule has 0 radical (unpaired) electrons. The van der Waals surface area contributed by atoms with Crippen molar-refractivity contribution < 1.29 is 8.42 Å². The fourth-order valence-corrected chi connectivity index (χ4v) is 4.48. The molecule has 0 atom stereocenters. The largest absolute Gasteiger partial charge is 0.355 e. The Kier molecular flexibility index (Phi) is 5.05. The number of likely N-dealkylation sites (tertiary alicyclic amines) is 1. The fourth-order valence-electron chi connectivity index (χ4n) is 3.48. The molecule has 1 aliphatic heterocycles. The maximum atomic E-state index is 12.1. The molecule has 8 heteroatoms. The number of hydrogen-bond donors (Lipinski definition) is 2. The van der Waals surface area contributed by atoms with Crippen LogP contribution in [0.1, 0.15) is 25.7 Å². The molecule has 1 saturated carbocycles. The van der Waals surface area contributed by atoms with E-state index >= 15 is 0 Å². The van der Waals surface area contributed by atoms with Gasteiger partial charge < -0.3 is 10.2 Å². The second-order valence-corrected chi connectivity index (χ2v) is 8.35. The van der Waals surface area contributed by atoms with Gasteiger partial charge in [-0.2, -0.15) is 0 Å². The number of nitrogens with zero attached hydrogens (tertiary/aromatic N) is 3. The molecule has 0 unspecified atom stereocenters. The van der Waals surface area contributed by atoms with Crippen LogP contribution in [0.4, 0.5) is 0 Å². The van der Waals surface area contributed by atoms with Gasteiger partial charge in [0.25, 0.3) is 0 Å². The minimum absolute atomic E-state index is 0.181. The molecule has 3 rings (SSSR count). The van der Waals surface area contributed by atoms with Crippen LogP contribution >= 0.6 is 0 Å². The van der Waals surface area contributed by atoms with Gasteiger partial charge >= 0.3 is 0 Å². The van der Waals surface area contributed by atoms with Crippen molar-refractivity contribution >= 4 is 16.0 Å². The van der Waals surface area contributed by atoms with Crippen LogP contribution in [0.15, 0.2) is 34.4 Å². The third-order valence-corrected chi connectivity index (χ3v) is 6.46. The van der Waals surface area contributed by atoms with Crippen molar-refractivity contribution in [3.63, 3.8) is 0 Å². The molecular formula is C16H25N5O2S. The number of aliphatic imine (C=N–C) groups is 1. The zero-order chi connectivity index (χ0) is 17.0. The predicted molar refractivity (Wildman–Crippen MR) is 93.3 cm³/mol. The van der Waals surface area contributed by atoms with Crippen LogP contribution in [0.2, 0.25) is 0 Å². The van der Waals surface area contributed by atoms with E-state index in [4.69, 9.17) is 0 Å². The first kappa shape index (κ1) is 17.2. The van der Waals surface area contributed by atoms with E-state index in [1.54, 1.807) is 19.3 Å². The van der Waals surface area contributed by atoms with E-state index < -0.39 is 10.0 Å². The second kappa shape index (κ2) is 7.06. The average molecular weight is 351 g/mol. The van der Waals surface area contributed by atoms with E-state index in [1.807, 2.05) is 0 Å². The number of rotatable bonds is 5. The average Bonchev–Trinajstić information content (AvgIpc) is 3.01. The molecule has 2 aliphatic rings. The number of pyridine rings is 1. The lowest BCUT2D eigenvalue weighted by Gasteiger charge is -2.38. The number of nitrogens with one attached hydrogen (secondary N) is 2. The Morgan fingerprint density at radius 2 is 2.21 bits per heavy atom. The Labute approximate surface area is 143 Å². The molecule has 1 aliphatic carbocycles. The van der Waals surface area contributed by atoms with Gasteiger partial charge in [0, 0.05) is 45.6 Å². The molecule has 132 valence electrons. The summed E-state index contributed by atoms with van der Waals surface area (Å²) in [5.74, 6) is 0.861. The van der Waals surface area contributed by atoms with Gasteiger partial charge in [-0.05, 0) is 36.8 Å². The number of hydrogen-bond acceptors (Lipinski definition) is 4. The van der Waals surface area contributed by atoms with Gasteiger partial charge in [-0.3, -0.25) is 9.98 Å². The van der Waals surface area contributed by atoms with Gasteiger partial charge in [0.05, 0.1) is 0 Å². The van der Waals surface area contributed by atoms with E-state index in [1.165, 1.54) is 37.9 Å². The van der Waals surface area contributed by atoms with Crippen molar-refractivity contribution in [2.45, 2.75) is 30.6 Å². The molecule has 0 amide bonds. The standard InChI is InChI=1S/C16H25N5O2S/c1-17-15(21-11-7-16(13-21)5-3-6-16)19-9-10-20-24(22,23)14-4-2-8-18-12-14/h2,4,8,12,20H,3,5-7,9-11,13H2,1H3,(H,17,19). The van der Waals surface area contributed by atoms with Crippen molar-refractivity contribution in [1.29, 1.82) is 0 Å². The van der Waals surface area contributed by atoms with Gasteiger partial charge in [-0.15, -0.1) is 0 Å². The third-order valence-electron chi connectivity index (χ3n) is 5.01. The van der Waals surface area contributed by atoms with E-state index in [-0.39, 0.29) is 4.90 Å². The minimum Gasteiger partial charge on any atom is -0.355 e. The van der Waals surface area contributed by atoms with Crippen molar-refractivity contribution in [3.8, 4) is 0 Å². The maximum absolute atomic E-state index is 12.1. The molecule has 1 spiro atoms. The number of aromatic nitrogens is 1. The van der Waals surface area contributed by atoms with Crippen molar-refractivity contribution in [2.75, 3.05) is 33.2 Å². The molecule has 1 aromatic rings. The lowest BCUT2D eigenvalue weighted by atomic mass is 9.68. The van der Waals surface area contributed by atoms with Crippen LogP contribution in [0.5, 0.6) is 0 Å². The van der Waals surface area contributed by atoms with Crippen molar-refractivity contribution in [3.05, 3.63) is 24.5 Å². The Morgan fingerprint density at radius 3 is 2.79 bits per heavy atom. The summed E-state index contributed by atoms with van der Waals surface area (Å²) in [6.07, 6.45) is 8.13. The van der Waals surface area contributed by atoms with Crippen molar-refractivity contribution in [2.24, 2.45) is 10.4 Å². The summed E-state index contributed by atoms with van der Waals surface area (Å²) in [6, 6.07) is 3.14. The molecule has 2 heterocycles. The molecule has 2 N–H and O–H groups in total. The Bertz CT molecular complexity index is 686. The van der Waals surface area contributed by atoms with E-state index in [0.29, 0.717) is 18.5 Å². The van der Waals surface area contributed by atoms with Crippen LogP contribution in [0, 0.1) is 5.41 Å². The Morgan fingerprint density at radius 1 is 1.38 bits per heavy atom. The number of guanidine groups is 1. The third kappa shape index (κ3) is 3.70. The monoisotopic (exact) mass is 351 g/mol. The predicted octanol–water partition coefficient (Wildman–Crippen LogP) is 0.811. The zero-order valence-corrected chi connectivity index (χ0v) is 14.8. The molecular weight excluding hydrogens is 326 g/mol. The minimum atomic E-state index is -3.50. The molecule has 0 bridgehead atoms. The highest BCUT2D eigenvalue weighted by atomic mass is 32.2. The summed E-state index contributed by atoms with van der Waals surface area (Å²) in [7, 11) is -1.73. The van der Waals surface area contributed by atoms with E-state index in [0.717, 1.165) is 19.0 Å². The molecule has 1 aromatic heterocycles. The smallest absolute Gasteiger partial charge is 0.242 e. The Hall–Kier alpha value is -1.67. The topological polar surface area (TPSA) is 86.7 Å². The first-order valence-corrected chi connectivity index (χ1v) is 9.88. The maximum Gasteiger partial charge on any atom is 0.242 e. The first-order valence-electron chi connectivity index (χ1n) is 8.40. The van der Waals surface area contributed by atoms with Gasteiger partial charge in [-0.25, -0.2) is 13.1 Å². The number of sulfonamides is 1. The summed E-state index contributed by atoms with van der Waals surface area (Å²) in [4.78, 5) is 10.6. The van der Waals surface area contributed by atoms with Crippen LogP contribution < -0.4 is 10.0 Å². The summed E-state index contributed by atoms with van der Waals surface area (Å²) >= 11 is 0. The molecule has 7 nitrogen and oxygen atoms in total. The Balaban J connectivity index is 1.45. The highest BCUT2D eigenvalue weighted by Crippen LogP contribution is 2.47. The highest BCUT2D eigenvalue weighted by molar-refractivity contribution is 7.89. The zero-order valence-electron chi connectivity index (χ0n) is 14.0. The van der Waals surface area contributed by atoms with Crippen LogP contribution in [0.25, 0.3) is 0 Å². The van der Waals surface area contributed by atoms with E-state index in [2.05, 4.69) is 24.9 Å². The van der Waals surface area contributed by atoms with Gasteiger partial charge in [0.1, 0.15) is 4.90 Å². The van der Waals surface area contributed by atoms with Crippen LogP contribution in [-0.4, -0.2) is 57.5 Å². The normalized spacial score (nSPS) is 20.2. The van der Waals surface area contributed by atoms with Crippen LogP contribution in [0.3, 0.4) is 0 Å². The summed E-state index contributed by atoms with van der Waals surface area (Å²) < 4.78 is 26.8. The molecule has 2 fully saturated rings. The second-order valence-electron chi connectivity index (χ2n) is 6.59. The first-order chi connectivity index (χ1) is 11.5. The van der Waals surface area contributed by atoms with E-state index in [9.17, 15) is 8.42 Å². The van der Waals surface area contributed by atoms with Gasteiger partial charge in [0.2, 0.25) is 10.0 Å². The van der Waals surface area contributed by atoms with Gasteiger partial charge in [-0.1, -0.05) is 6.42 Å². The lowest BCUT2D eigenvalue weighted by molar-refractivity contribution is 0.151. The SMILES string of the molecule is CN=C(NCCNS(=O)(=O)c1cccnc1)N1CCC2(CCC2)C1. The molecule has 1 saturated heterocycles. The molecule has 0 aromatic carbocycles. The van der Waals surface area contributed by atoms with Crippen molar-refractivity contribution in [1.82, 2.24) is 19.9 Å². The van der Waals surface area contributed by atoms with Gasteiger partial charge in [0.15, 0.2) is 5.96 Å². The fraction of sp³-hybridized carbons (Fsp3) is 0.625. The molecule has 24 heavy (non-hydrogen) atoms.